The lowest BCUT2D eigenvalue weighted by Crippen LogP contribution is -2.37. The number of nitrogens with one attached hydrogen (secondary N) is 1. The third kappa shape index (κ3) is 5.23. The van der Waals surface area contributed by atoms with Crippen LogP contribution in [0.1, 0.15) is 43.7 Å². The second kappa shape index (κ2) is 10.0. The quantitative estimate of drug-likeness (QED) is 0.632. The monoisotopic (exact) mass is 477 g/mol. The Hall–Kier alpha value is -1.78. The summed E-state index contributed by atoms with van der Waals surface area (Å²) >= 11 is 0. The van der Waals surface area contributed by atoms with E-state index in [1.165, 1.54) is 28.6 Å². The van der Waals surface area contributed by atoms with Crippen molar-refractivity contribution in [3.05, 3.63) is 60.2 Å². The molecule has 2 saturated heterocycles. The Morgan fingerprint density at radius 3 is 1.91 bits per heavy atom. The minimum atomic E-state index is -3.77. The van der Waals surface area contributed by atoms with Crippen LogP contribution < -0.4 is 4.72 Å². The molecule has 0 amide bonds. The molecule has 0 aromatic heterocycles. The predicted molar refractivity (Wildman–Crippen MR) is 124 cm³/mol. The SMILES string of the molecule is O=S(=O)(NCC(c1ccccc1)N1CCCC1)c1ccc(S(=O)(=O)N2CCCCC2)cc1. The molecular weight excluding hydrogens is 446 g/mol. The fourth-order valence-electron chi connectivity index (χ4n) is 4.50. The molecule has 7 nitrogen and oxygen atoms in total. The molecule has 2 fully saturated rings. The van der Waals surface area contributed by atoms with Crippen LogP contribution in [0, 0.1) is 0 Å². The molecule has 2 heterocycles. The maximum absolute atomic E-state index is 13.0. The second-order valence-electron chi connectivity index (χ2n) is 8.46. The number of piperidine rings is 1. The molecule has 1 N–H and O–H groups in total. The summed E-state index contributed by atoms with van der Waals surface area (Å²) in [5.41, 5.74) is 1.08. The number of hydrogen-bond acceptors (Lipinski definition) is 5. The van der Waals surface area contributed by atoms with E-state index in [1.807, 2.05) is 30.3 Å². The maximum Gasteiger partial charge on any atom is 0.243 e. The smallest absolute Gasteiger partial charge is 0.243 e. The van der Waals surface area contributed by atoms with Gasteiger partial charge in [0, 0.05) is 25.7 Å². The van der Waals surface area contributed by atoms with Crippen molar-refractivity contribution in [3.63, 3.8) is 0 Å². The summed E-state index contributed by atoms with van der Waals surface area (Å²) < 4.78 is 55.8. The van der Waals surface area contributed by atoms with Crippen molar-refractivity contribution in [2.24, 2.45) is 0 Å². The zero-order valence-corrected chi connectivity index (χ0v) is 19.8. The first-order valence-electron chi connectivity index (χ1n) is 11.3. The van der Waals surface area contributed by atoms with Gasteiger partial charge in [-0.25, -0.2) is 21.6 Å². The summed E-state index contributed by atoms with van der Waals surface area (Å²) in [5, 5.41) is 0. The average molecular weight is 478 g/mol. The second-order valence-corrected chi connectivity index (χ2v) is 12.2. The van der Waals surface area contributed by atoms with E-state index in [0.29, 0.717) is 13.1 Å². The summed E-state index contributed by atoms with van der Waals surface area (Å²) in [5.74, 6) is 0. The number of sulfonamides is 2. The Labute approximate surface area is 191 Å². The highest BCUT2D eigenvalue weighted by molar-refractivity contribution is 7.89. The van der Waals surface area contributed by atoms with Gasteiger partial charge in [-0.2, -0.15) is 4.31 Å². The van der Waals surface area contributed by atoms with E-state index in [9.17, 15) is 16.8 Å². The fraction of sp³-hybridized carbons (Fsp3) is 0.478. The van der Waals surface area contributed by atoms with E-state index in [0.717, 1.165) is 50.8 Å². The largest absolute Gasteiger partial charge is 0.295 e. The van der Waals surface area contributed by atoms with E-state index in [-0.39, 0.29) is 22.4 Å². The molecule has 2 aliphatic heterocycles. The number of rotatable bonds is 8. The van der Waals surface area contributed by atoms with Gasteiger partial charge in [0.05, 0.1) is 9.79 Å². The average Bonchev–Trinajstić information content (AvgIpc) is 3.35. The topological polar surface area (TPSA) is 86.8 Å². The molecular formula is C23H31N3O4S2. The molecule has 174 valence electrons. The Balaban J connectivity index is 1.48. The van der Waals surface area contributed by atoms with Crippen LogP contribution in [0.4, 0.5) is 0 Å². The van der Waals surface area contributed by atoms with Crippen LogP contribution in [0.15, 0.2) is 64.4 Å². The maximum atomic E-state index is 13.0. The van der Waals surface area contributed by atoms with Gasteiger partial charge in [-0.05, 0) is 68.6 Å². The normalized spacial score (nSPS) is 19.8. The van der Waals surface area contributed by atoms with Crippen LogP contribution in [0.25, 0.3) is 0 Å². The van der Waals surface area contributed by atoms with Gasteiger partial charge in [-0.15, -0.1) is 0 Å². The van der Waals surface area contributed by atoms with Crippen LogP contribution in [0.3, 0.4) is 0 Å². The standard InChI is InChI=1S/C23H31N3O4S2/c27-31(28,24-19-23(25-15-7-8-16-25)20-9-3-1-4-10-20)21-11-13-22(14-12-21)32(29,30)26-17-5-2-6-18-26/h1,3-4,9-14,23-24H,2,5-8,15-19H2. The summed E-state index contributed by atoms with van der Waals surface area (Å²) in [4.78, 5) is 2.52. The fourth-order valence-corrected chi connectivity index (χ4v) is 7.06. The lowest BCUT2D eigenvalue weighted by molar-refractivity contribution is 0.246. The Kier molecular flexibility index (Phi) is 7.31. The van der Waals surface area contributed by atoms with Crippen LogP contribution >= 0.6 is 0 Å². The molecule has 2 aromatic carbocycles. The molecule has 2 aliphatic rings. The summed E-state index contributed by atoms with van der Waals surface area (Å²) in [6.07, 6.45) is 4.98. The molecule has 1 unspecified atom stereocenters. The van der Waals surface area contributed by atoms with Crippen molar-refractivity contribution in [3.8, 4) is 0 Å². The summed E-state index contributed by atoms with van der Waals surface area (Å²) in [6.45, 7) is 3.19. The van der Waals surface area contributed by atoms with E-state index >= 15 is 0 Å². The van der Waals surface area contributed by atoms with Gasteiger partial charge in [0.15, 0.2) is 0 Å². The first-order valence-corrected chi connectivity index (χ1v) is 14.2. The van der Waals surface area contributed by atoms with Crippen molar-refractivity contribution in [2.75, 3.05) is 32.7 Å². The third-order valence-electron chi connectivity index (χ3n) is 6.32. The zero-order chi connectivity index (χ0) is 22.6. The molecule has 0 bridgehead atoms. The third-order valence-corrected chi connectivity index (χ3v) is 9.67. The van der Waals surface area contributed by atoms with Gasteiger partial charge in [0.2, 0.25) is 20.0 Å². The van der Waals surface area contributed by atoms with Crippen LogP contribution in [-0.4, -0.2) is 58.8 Å². The van der Waals surface area contributed by atoms with Gasteiger partial charge >= 0.3 is 0 Å². The minimum Gasteiger partial charge on any atom is -0.295 e. The molecule has 0 saturated carbocycles. The van der Waals surface area contributed by atoms with Crippen molar-refractivity contribution in [1.29, 1.82) is 0 Å². The van der Waals surface area contributed by atoms with Crippen molar-refractivity contribution in [1.82, 2.24) is 13.9 Å². The lowest BCUT2D eigenvalue weighted by Gasteiger charge is -2.28. The molecule has 2 aromatic rings. The Morgan fingerprint density at radius 1 is 0.719 bits per heavy atom. The predicted octanol–water partition coefficient (Wildman–Crippen LogP) is 2.98. The van der Waals surface area contributed by atoms with E-state index in [2.05, 4.69) is 9.62 Å². The first kappa shape index (κ1) is 23.4. The van der Waals surface area contributed by atoms with Crippen LogP contribution in [-0.2, 0) is 20.0 Å². The van der Waals surface area contributed by atoms with Crippen molar-refractivity contribution in [2.45, 2.75) is 47.9 Å². The van der Waals surface area contributed by atoms with Crippen LogP contribution in [0.5, 0.6) is 0 Å². The molecule has 32 heavy (non-hydrogen) atoms. The van der Waals surface area contributed by atoms with Crippen molar-refractivity contribution >= 4 is 20.0 Å². The molecule has 0 spiro atoms. The number of hydrogen-bond donors (Lipinski definition) is 1. The lowest BCUT2D eigenvalue weighted by atomic mass is 10.1. The number of benzene rings is 2. The zero-order valence-electron chi connectivity index (χ0n) is 18.2. The van der Waals surface area contributed by atoms with Gasteiger partial charge in [-0.3, -0.25) is 4.90 Å². The Bertz CT molecular complexity index is 1090. The van der Waals surface area contributed by atoms with E-state index in [4.69, 9.17) is 0 Å². The molecule has 1 atom stereocenters. The molecule has 0 aliphatic carbocycles. The van der Waals surface area contributed by atoms with Crippen molar-refractivity contribution < 1.29 is 16.8 Å². The Morgan fingerprint density at radius 2 is 1.28 bits per heavy atom. The highest BCUT2D eigenvalue weighted by Gasteiger charge is 2.28. The van der Waals surface area contributed by atoms with Gasteiger partial charge in [-0.1, -0.05) is 36.8 Å². The van der Waals surface area contributed by atoms with E-state index < -0.39 is 20.0 Å². The summed E-state index contributed by atoms with van der Waals surface area (Å²) in [7, 11) is -7.35. The minimum absolute atomic E-state index is 0.0350. The molecule has 4 rings (SSSR count). The highest BCUT2D eigenvalue weighted by atomic mass is 32.2. The van der Waals surface area contributed by atoms with E-state index in [1.54, 1.807) is 0 Å². The summed E-state index contributed by atoms with van der Waals surface area (Å²) in [6, 6.07) is 15.5. The molecule has 9 heteroatoms. The van der Waals surface area contributed by atoms with Crippen LogP contribution in [0.2, 0.25) is 0 Å². The number of nitrogens with zero attached hydrogens (tertiary/aromatic N) is 2. The van der Waals surface area contributed by atoms with Gasteiger partial charge in [0.1, 0.15) is 0 Å². The van der Waals surface area contributed by atoms with Gasteiger partial charge in [0.25, 0.3) is 0 Å². The highest BCUT2D eigenvalue weighted by Crippen LogP contribution is 2.26. The number of likely N-dealkylation sites (tertiary alicyclic amines) is 1. The first-order chi connectivity index (χ1) is 15.4. The molecule has 0 radical (unpaired) electrons. The van der Waals surface area contributed by atoms with Gasteiger partial charge < -0.3 is 0 Å².